The summed E-state index contributed by atoms with van der Waals surface area (Å²) in [5.74, 6) is 0.0999. The Hall–Kier alpha value is -2.21. The molecule has 0 amide bonds. The summed E-state index contributed by atoms with van der Waals surface area (Å²) >= 11 is 1.46. The second-order valence-electron chi connectivity index (χ2n) is 4.49. The van der Waals surface area contributed by atoms with Crippen LogP contribution in [0, 0.1) is 6.92 Å². The standard InChI is InChI=1S/C15H12F2N2OS/c1-9-6-7-13-11(8-9)19-15(21-13)18-10-4-2-3-5-12(10)20-14(16)17/h2-8,14H,1H3,(H,18,19). The number of para-hydroxylation sites is 2. The van der Waals surface area contributed by atoms with Crippen LogP contribution < -0.4 is 10.1 Å². The molecule has 1 heterocycles. The van der Waals surface area contributed by atoms with Crippen molar-refractivity contribution < 1.29 is 13.5 Å². The molecule has 108 valence electrons. The fraction of sp³-hybridized carbons (Fsp3) is 0.133. The lowest BCUT2D eigenvalue weighted by molar-refractivity contribution is -0.0493. The quantitative estimate of drug-likeness (QED) is 0.740. The maximum absolute atomic E-state index is 12.4. The maximum atomic E-state index is 12.4. The molecule has 1 aromatic heterocycles. The van der Waals surface area contributed by atoms with Gasteiger partial charge in [0.25, 0.3) is 0 Å². The van der Waals surface area contributed by atoms with Crippen LogP contribution in [-0.4, -0.2) is 11.6 Å². The second-order valence-corrected chi connectivity index (χ2v) is 5.52. The number of anilines is 2. The molecular weight excluding hydrogens is 294 g/mol. The molecule has 0 aliphatic heterocycles. The number of halogens is 2. The molecule has 0 radical (unpaired) electrons. The topological polar surface area (TPSA) is 34.1 Å². The minimum Gasteiger partial charge on any atom is -0.433 e. The van der Waals surface area contributed by atoms with Crippen molar-refractivity contribution in [3.8, 4) is 5.75 Å². The molecular formula is C15H12F2N2OS. The molecule has 21 heavy (non-hydrogen) atoms. The van der Waals surface area contributed by atoms with Gasteiger partial charge in [0, 0.05) is 0 Å². The van der Waals surface area contributed by atoms with E-state index in [0.717, 1.165) is 15.8 Å². The molecule has 0 saturated carbocycles. The van der Waals surface area contributed by atoms with E-state index in [2.05, 4.69) is 15.0 Å². The van der Waals surface area contributed by atoms with Crippen molar-refractivity contribution in [1.82, 2.24) is 4.98 Å². The molecule has 0 fully saturated rings. The first kappa shape index (κ1) is 13.8. The smallest absolute Gasteiger partial charge is 0.387 e. The second kappa shape index (κ2) is 5.65. The zero-order chi connectivity index (χ0) is 14.8. The van der Waals surface area contributed by atoms with Crippen molar-refractivity contribution in [2.24, 2.45) is 0 Å². The molecule has 3 nitrogen and oxygen atoms in total. The molecule has 3 aromatic rings. The number of aromatic nitrogens is 1. The van der Waals surface area contributed by atoms with Crippen molar-refractivity contribution in [2.75, 3.05) is 5.32 Å². The van der Waals surface area contributed by atoms with Gasteiger partial charge in [-0.1, -0.05) is 29.5 Å². The van der Waals surface area contributed by atoms with Gasteiger partial charge in [0.05, 0.1) is 15.9 Å². The van der Waals surface area contributed by atoms with Crippen molar-refractivity contribution >= 4 is 32.4 Å². The number of benzene rings is 2. The van der Waals surface area contributed by atoms with Crippen molar-refractivity contribution in [3.63, 3.8) is 0 Å². The lowest BCUT2D eigenvalue weighted by Gasteiger charge is -2.10. The van der Waals surface area contributed by atoms with Gasteiger partial charge >= 0.3 is 6.61 Å². The van der Waals surface area contributed by atoms with Crippen molar-refractivity contribution in [2.45, 2.75) is 13.5 Å². The van der Waals surface area contributed by atoms with Crippen molar-refractivity contribution in [3.05, 3.63) is 48.0 Å². The molecule has 0 bridgehead atoms. The van der Waals surface area contributed by atoms with Gasteiger partial charge < -0.3 is 10.1 Å². The van der Waals surface area contributed by atoms with Gasteiger partial charge in [-0.25, -0.2) is 4.98 Å². The third kappa shape index (κ3) is 3.11. The van der Waals surface area contributed by atoms with Gasteiger partial charge in [-0.3, -0.25) is 0 Å². The Morgan fingerprint density at radius 1 is 1.19 bits per heavy atom. The van der Waals surface area contributed by atoms with E-state index in [-0.39, 0.29) is 5.75 Å². The molecule has 0 aliphatic rings. The van der Waals surface area contributed by atoms with E-state index in [1.54, 1.807) is 18.2 Å². The monoisotopic (exact) mass is 306 g/mol. The summed E-state index contributed by atoms with van der Waals surface area (Å²) in [6.45, 7) is -0.858. The third-order valence-corrected chi connectivity index (χ3v) is 3.84. The molecule has 0 saturated heterocycles. The van der Waals surface area contributed by atoms with Crippen molar-refractivity contribution in [1.29, 1.82) is 0 Å². The van der Waals surface area contributed by atoms with Gasteiger partial charge in [-0.05, 0) is 36.8 Å². The summed E-state index contributed by atoms with van der Waals surface area (Å²) in [4.78, 5) is 4.45. The zero-order valence-corrected chi connectivity index (χ0v) is 12.0. The Bertz CT molecular complexity index is 773. The summed E-state index contributed by atoms with van der Waals surface area (Å²) < 4.78 is 30.3. The van der Waals surface area contributed by atoms with E-state index in [1.807, 2.05) is 25.1 Å². The van der Waals surface area contributed by atoms with Gasteiger partial charge in [0.2, 0.25) is 0 Å². The van der Waals surface area contributed by atoms with Crippen LogP contribution in [0.1, 0.15) is 5.56 Å². The largest absolute Gasteiger partial charge is 0.433 e. The summed E-state index contributed by atoms with van der Waals surface area (Å²) in [7, 11) is 0. The zero-order valence-electron chi connectivity index (χ0n) is 11.1. The predicted molar refractivity (Wildman–Crippen MR) is 80.7 cm³/mol. The van der Waals surface area contributed by atoms with Crippen LogP contribution >= 0.6 is 11.3 Å². The number of fused-ring (bicyclic) bond motifs is 1. The Labute approximate surface area is 124 Å². The van der Waals surface area contributed by atoms with Crippen LogP contribution in [0.25, 0.3) is 10.2 Å². The number of nitrogens with one attached hydrogen (secondary N) is 1. The normalized spacial score (nSPS) is 11.0. The van der Waals surface area contributed by atoms with E-state index in [1.165, 1.54) is 17.4 Å². The summed E-state index contributed by atoms with van der Waals surface area (Å²) in [6.07, 6.45) is 0. The number of hydrogen-bond acceptors (Lipinski definition) is 4. The first-order valence-electron chi connectivity index (χ1n) is 6.30. The fourth-order valence-electron chi connectivity index (χ4n) is 1.97. The van der Waals surface area contributed by atoms with Crippen LogP contribution in [0.3, 0.4) is 0 Å². The van der Waals surface area contributed by atoms with E-state index in [0.29, 0.717) is 10.8 Å². The highest BCUT2D eigenvalue weighted by molar-refractivity contribution is 7.22. The third-order valence-electron chi connectivity index (χ3n) is 2.89. The minimum atomic E-state index is -2.86. The lowest BCUT2D eigenvalue weighted by atomic mass is 10.2. The predicted octanol–water partition coefficient (Wildman–Crippen LogP) is 4.95. The molecule has 3 rings (SSSR count). The van der Waals surface area contributed by atoms with Crippen LogP contribution in [0.4, 0.5) is 19.6 Å². The highest BCUT2D eigenvalue weighted by Crippen LogP contribution is 2.33. The summed E-state index contributed by atoms with van der Waals surface area (Å²) in [6, 6.07) is 12.6. The van der Waals surface area contributed by atoms with Gasteiger partial charge in [0.15, 0.2) is 5.13 Å². The van der Waals surface area contributed by atoms with E-state index >= 15 is 0 Å². The van der Waals surface area contributed by atoms with Gasteiger partial charge in [0.1, 0.15) is 5.75 Å². The average molecular weight is 306 g/mol. The van der Waals surface area contributed by atoms with Crippen LogP contribution in [0.5, 0.6) is 5.75 Å². The number of aryl methyl sites for hydroxylation is 1. The summed E-state index contributed by atoms with van der Waals surface area (Å²) in [5.41, 5.74) is 2.48. The average Bonchev–Trinajstić information content (AvgIpc) is 2.82. The molecule has 0 aliphatic carbocycles. The minimum absolute atomic E-state index is 0.0999. The van der Waals surface area contributed by atoms with E-state index < -0.39 is 6.61 Å². The molecule has 0 spiro atoms. The van der Waals surface area contributed by atoms with E-state index in [9.17, 15) is 8.78 Å². The maximum Gasteiger partial charge on any atom is 0.387 e. The highest BCUT2D eigenvalue weighted by atomic mass is 32.1. The van der Waals surface area contributed by atoms with E-state index in [4.69, 9.17) is 0 Å². The Kier molecular flexibility index (Phi) is 3.70. The highest BCUT2D eigenvalue weighted by Gasteiger charge is 2.11. The van der Waals surface area contributed by atoms with Crippen LogP contribution in [-0.2, 0) is 0 Å². The van der Waals surface area contributed by atoms with Crippen LogP contribution in [0.2, 0.25) is 0 Å². The number of thiazole rings is 1. The van der Waals surface area contributed by atoms with Gasteiger partial charge in [-0.15, -0.1) is 0 Å². The number of alkyl halides is 2. The number of ether oxygens (including phenoxy) is 1. The first-order valence-corrected chi connectivity index (χ1v) is 7.11. The molecule has 1 N–H and O–H groups in total. The first-order chi connectivity index (χ1) is 10.1. The molecule has 0 atom stereocenters. The molecule has 6 heteroatoms. The number of hydrogen-bond donors (Lipinski definition) is 1. The molecule has 0 unspecified atom stereocenters. The van der Waals surface area contributed by atoms with Crippen LogP contribution in [0.15, 0.2) is 42.5 Å². The Morgan fingerprint density at radius 3 is 2.81 bits per heavy atom. The Balaban J connectivity index is 1.91. The number of rotatable bonds is 4. The fourth-order valence-corrected chi connectivity index (χ4v) is 2.83. The summed E-state index contributed by atoms with van der Waals surface area (Å²) in [5, 5.41) is 3.68. The lowest BCUT2D eigenvalue weighted by Crippen LogP contribution is -2.04. The Morgan fingerprint density at radius 2 is 2.00 bits per heavy atom. The van der Waals surface area contributed by atoms with Gasteiger partial charge in [-0.2, -0.15) is 8.78 Å². The molecule has 2 aromatic carbocycles. The SMILES string of the molecule is Cc1ccc2sc(Nc3ccccc3OC(F)F)nc2c1. The number of nitrogens with zero attached hydrogens (tertiary/aromatic N) is 1.